The fraction of sp³-hybridized carbons (Fsp3) is 0. The van der Waals surface area contributed by atoms with Crippen molar-refractivity contribution >= 4 is 64.6 Å². The molecule has 0 aliphatic carbocycles. The van der Waals surface area contributed by atoms with E-state index in [4.69, 9.17) is 15.0 Å². The monoisotopic (exact) mass is 735 g/mol. The lowest BCUT2D eigenvalue weighted by atomic mass is 9.87. The molecule has 3 nitrogen and oxygen atoms in total. The van der Waals surface area contributed by atoms with Crippen LogP contribution in [0.25, 0.3) is 121 Å². The van der Waals surface area contributed by atoms with Gasteiger partial charge in [0.05, 0.1) is 0 Å². The summed E-state index contributed by atoms with van der Waals surface area (Å²) in [4.78, 5) is 15.8. The summed E-state index contributed by atoms with van der Waals surface area (Å²) in [7, 11) is 0. The first-order valence-electron chi connectivity index (χ1n) is 19.8. The van der Waals surface area contributed by atoms with E-state index in [-0.39, 0.29) is 0 Å². The Morgan fingerprint density at radius 1 is 0.207 bits per heavy atom. The molecule has 0 saturated carbocycles. The molecule has 11 aromatic carbocycles. The van der Waals surface area contributed by atoms with Crippen LogP contribution in [0, 0.1) is 0 Å². The van der Waals surface area contributed by atoms with Gasteiger partial charge in [-0.25, -0.2) is 15.0 Å². The molecule has 0 spiro atoms. The van der Waals surface area contributed by atoms with Crippen molar-refractivity contribution in [1.29, 1.82) is 0 Å². The van der Waals surface area contributed by atoms with Gasteiger partial charge in [0, 0.05) is 16.7 Å². The quantitative estimate of drug-likeness (QED) is 0.165. The smallest absolute Gasteiger partial charge is 0.164 e. The summed E-state index contributed by atoms with van der Waals surface area (Å²) in [5.41, 5.74) is 7.39. The van der Waals surface area contributed by atoms with Gasteiger partial charge in [-0.1, -0.05) is 182 Å². The third kappa shape index (κ3) is 5.18. The molecule has 12 rings (SSSR count). The number of fused-ring (bicyclic) bond motifs is 2. The molecule has 0 amide bonds. The zero-order valence-electron chi connectivity index (χ0n) is 31.4. The Labute approximate surface area is 334 Å². The molecular weight excluding hydrogens is 703 g/mol. The number of rotatable bonds is 5. The van der Waals surface area contributed by atoms with E-state index in [0.29, 0.717) is 17.5 Å². The van der Waals surface area contributed by atoms with E-state index in [1.54, 1.807) is 0 Å². The van der Waals surface area contributed by atoms with Crippen molar-refractivity contribution in [3.63, 3.8) is 0 Å². The molecule has 0 bridgehead atoms. The fourth-order valence-corrected chi connectivity index (χ4v) is 9.09. The number of benzene rings is 10. The lowest BCUT2D eigenvalue weighted by Gasteiger charge is -2.17. The van der Waals surface area contributed by atoms with Crippen molar-refractivity contribution < 1.29 is 0 Å². The second-order valence-electron chi connectivity index (χ2n) is 15.2. The zero-order chi connectivity index (χ0) is 38.2. The van der Waals surface area contributed by atoms with Gasteiger partial charge in [0.15, 0.2) is 17.5 Å². The molecule has 0 aliphatic heterocycles. The van der Waals surface area contributed by atoms with E-state index in [1.807, 2.05) is 12.1 Å². The van der Waals surface area contributed by atoms with Crippen LogP contribution in [-0.4, -0.2) is 15.0 Å². The Morgan fingerprint density at radius 2 is 0.603 bits per heavy atom. The Bertz CT molecular complexity index is 3530. The van der Waals surface area contributed by atoms with E-state index < -0.39 is 0 Å². The molecule has 0 saturated heterocycles. The van der Waals surface area contributed by atoms with Gasteiger partial charge >= 0.3 is 0 Å². The van der Waals surface area contributed by atoms with Crippen LogP contribution < -0.4 is 0 Å². The highest BCUT2D eigenvalue weighted by molar-refractivity contribution is 6.37. The van der Waals surface area contributed by atoms with Gasteiger partial charge in [-0.3, -0.25) is 0 Å². The molecule has 58 heavy (non-hydrogen) atoms. The molecule has 1 aromatic heterocycles. The predicted molar refractivity (Wildman–Crippen MR) is 243 cm³/mol. The molecule has 0 fully saturated rings. The Balaban J connectivity index is 1.15. The van der Waals surface area contributed by atoms with Gasteiger partial charge in [0.2, 0.25) is 0 Å². The summed E-state index contributed by atoms with van der Waals surface area (Å²) >= 11 is 0. The van der Waals surface area contributed by atoms with Crippen LogP contribution in [0.1, 0.15) is 0 Å². The Kier molecular flexibility index (Phi) is 7.23. The van der Waals surface area contributed by atoms with Crippen LogP contribution in [0.4, 0.5) is 0 Å². The van der Waals surface area contributed by atoms with Gasteiger partial charge in [0.25, 0.3) is 0 Å². The summed E-state index contributed by atoms with van der Waals surface area (Å²) in [6, 6.07) is 71.8. The average Bonchev–Trinajstić information content (AvgIpc) is 3.30. The Hall–Kier alpha value is -7.75. The third-order valence-electron chi connectivity index (χ3n) is 11.8. The first kappa shape index (κ1) is 32.5. The molecule has 1 heterocycles. The molecule has 268 valence electrons. The number of hydrogen-bond donors (Lipinski definition) is 0. The van der Waals surface area contributed by atoms with E-state index >= 15 is 0 Å². The third-order valence-corrected chi connectivity index (χ3v) is 11.8. The number of nitrogens with zero attached hydrogens (tertiary/aromatic N) is 3. The van der Waals surface area contributed by atoms with Crippen molar-refractivity contribution in [1.82, 2.24) is 15.0 Å². The van der Waals surface area contributed by atoms with Crippen molar-refractivity contribution in [2.24, 2.45) is 0 Å². The lowest BCUT2D eigenvalue weighted by Crippen LogP contribution is -2.00. The van der Waals surface area contributed by atoms with Crippen LogP contribution >= 0.6 is 0 Å². The average molecular weight is 736 g/mol. The van der Waals surface area contributed by atoms with Crippen molar-refractivity contribution in [2.45, 2.75) is 0 Å². The minimum Gasteiger partial charge on any atom is -0.208 e. The van der Waals surface area contributed by atoms with Crippen molar-refractivity contribution in [3.05, 3.63) is 200 Å². The molecule has 3 heteroatoms. The van der Waals surface area contributed by atoms with Crippen LogP contribution in [0.3, 0.4) is 0 Å². The summed E-state index contributed by atoms with van der Waals surface area (Å²) < 4.78 is 0. The van der Waals surface area contributed by atoms with E-state index in [1.165, 1.54) is 64.8 Å². The SMILES string of the molecule is c1ccc(-c2ccc(-c3nc(-c4cccc(-c5ccccc5)c4)nc(-c4cc5ccc6cccc7c8cccc9ccc%10cccc(c(c4)c5c67)c%10c98)n3)cc2)cc1. The minimum atomic E-state index is 0.633. The summed E-state index contributed by atoms with van der Waals surface area (Å²) in [6.07, 6.45) is 0. The number of aromatic nitrogens is 3. The van der Waals surface area contributed by atoms with Crippen molar-refractivity contribution in [3.8, 4) is 56.4 Å². The first-order valence-corrected chi connectivity index (χ1v) is 19.8. The largest absolute Gasteiger partial charge is 0.208 e. The van der Waals surface area contributed by atoms with Crippen LogP contribution in [-0.2, 0) is 0 Å². The molecule has 0 N–H and O–H groups in total. The van der Waals surface area contributed by atoms with Crippen LogP contribution in [0.5, 0.6) is 0 Å². The predicted octanol–water partition coefficient (Wildman–Crippen LogP) is 14.6. The molecular formula is C55H33N3. The van der Waals surface area contributed by atoms with Gasteiger partial charge < -0.3 is 0 Å². The fourth-order valence-electron chi connectivity index (χ4n) is 9.09. The highest BCUT2D eigenvalue weighted by Crippen LogP contribution is 2.44. The highest BCUT2D eigenvalue weighted by atomic mass is 15.0. The van der Waals surface area contributed by atoms with Crippen LogP contribution in [0.15, 0.2) is 200 Å². The van der Waals surface area contributed by atoms with Gasteiger partial charge in [0.1, 0.15) is 0 Å². The van der Waals surface area contributed by atoms with Gasteiger partial charge in [-0.15, -0.1) is 0 Å². The maximum atomic E-state index is 5.30. The maximum absolute atomic E-state index is 5.30. The normalized spacial score (nSPS) is 11.8. The lowest BCUT2D eigenvalue weighted by molar-refractivity contribution is 1.07. The van der Waals surface area contributed by atoms with Gasteiger partial charge in [-0.05, 0) is 105 Å². The molecule has 0 radical (unpaired) electrons. The minimum absolute atomic E-state index is 0.633. The van der Waals surface area contributed by atoms with E-state index in [0.717, 1.165) is 38.8 Å². The zero-order valence-corrected chi connectivity index (χ0v) is 31.4. The molecule has 0 atom stereocenters. The van der Waals surface area contributed by atoms with Crippen molar-refractivity contribution in [2.75, 3.05) is 0 Å². The second kappa shape index (κ2) is 12.9. The number of hydrogen-bond acceptors (Lipinski definition) is 3. The summed E-state index contributed by atoms with van der Waals surface area (Å²) in [5, 5.41) is 14.8. The maximum Gasteiger partial charge on any atom is 0.164 e. The Morgan fingerprint density at radius 3 is 1.19 bits per heavy atom. The van der Waals surface area contributed by atoms with Gasteiger partial charge in [-0.2, -0.15) is 0 Å². The van der Waals surface area contributed by atoms with Crippen LogP contribution in [0.2, 0.25) is 0 Å². The topological polar surface area (TPSA) is 38.7 Å². The molecule has 0 unspecified atom stereocenters. The first-order chi connectivity index (χ1) is 28.7. The standard InChI is InChI=1S/C55H33N3/c1-3-11-34(12-4-1)36-23-28-40(29-24-36)53-56-54(43-19-7-18-41(31-43)35-13-5-2-6-14-35)58-55(57-53)44-32-42-30-27-39-16-9-21-46-45-20-8-15-37-25-26-38-17-10-22-47(51(38)49(37)45)48(33-44)52(42)50(39)46/h1-33H. The summed E-state index contributed by atoms with van der Waals surface area (Å²) in [5.74, 6) is 1.90. The van der Waals surface area contributed by atoms with E-state index in [9.17, 15) is 0 Å². The second-order valence-corrected chi connectivity index (χ2v) is 15.2. The summed E-state index contributed by atoms with van der Waals surface area (Å²) in [6.45, 7) is 0. The molecule has 12 aromatic rings. The van der Waals surface area contributed by atoms with E-state index in [2.05, 4.69) is 188 Å². The molecule has 0 aliphatic rings. The highest BCUT2D eigenvalue weighted by Gasteiger charge is 2.19.